The van der Waals surface area contributed by atoms with Crippen LogP contribution in [0.2, 0.25) is 10.0 Å². The van der Waals surface area contributed by atoms with Crippen LogP contribution in [0.1, 0.15) is 27.5 Å². The van der Waals surface area contributed by atoms with Gasteiger partial charge in [0, 0.05) is 26.9 Å². The fraction of sp³-hybridized carbons (Fsp3) is 0.0909. The third kappa shape index (κ3) is 3.97. The zero-order valence-corrected chi connectivity index (χ0v) is 16.5. The van der Waals surface area contributed by atoms with Gasteiger partial charge in [-0.15, -0.1) is 0 Å². The molecule has 2 amide bonds. The van der Waals surface area contributed by atoms with Gasteiger partial charge in [-0.05, 0) is 60.2 Å². The molecule has 1 aliphatic rings. The summed E-state index contributed by atoms with van der Waals surface area (Å²) < 4.78 is 13.5. The molecule has 0 aliphatic carbocycles. The molecule has 3 aromatic carbocycles. The molecular weight excluding hydrogens is 414 g/mol. The first kappa shape index (κ1) is 19.4. The molecule has 0 spiro atoms. The summed E-state index contributed by atoms with van der Waals surface area (Å²) in [5.74, 6) is -1.07. The lowest BCUT2D eigenvalue weighted by molar-refractivity contribution is -0.117. The predicted molar refractivity (Wildman–Crippen MR) is 111 cm³/mol. The highest BCUT2D eigenvalue weighted by Gasteiger charge is 2.34. The van der Waals surface area contributed by atoms with E-state index >= 15 is 0 Å². The van der Waals surface area contributed by atoms with Gasteiger partial charge in [0.25, 0.3) is 5.91 Å². The average molecular weight is 429 g/mol. The van der Waals surface area contributed by atoms with Crippen molar-refractivity contribution in [1.29, 1.82) is 0 Å². The van der Waals surface area contributed by atoms with Crippen molar-refractivity contribution in [2.45, 2.75) is 6.04 Å². The summed E-state index contributed by atoms with van der Waals surface area (Å²) >= 11 is 12.2. The average Bonchev–Trinajstić information content (AvgIpc) is 2.84. The largest absolute Gasteiger partial charge is 0.324 e. The Labute approximate surface area is 176 Å². The van der Waals surface area contributed by atoms with Crippen LogP contribution in [0.15, 0.2) is 66.7 Å². The Bertz CT molecular complexity index is 1080. The third-order valence-electron chi connectivity index (χ3n) is 4.75. The lowest BCUT2D eigenvalue weighted by Gasteiger charge is -2.30. The Morgan fingerprint density at radius 1 is 0.966 bits per heavy atom. The number of rotatable bonds is 2. The maximum Gasteiger partial charge on any atom is 0.255 e. The second kappa shape index (κ2) is 7.85. The summed E-state index contributed by atoms with van der Waals surface area (Å²) in [4.78, 5) is 27.3. The molecule has 0 fully saturated rings. The number of nitrogens with zero attached hydrogens (tertiary/aromatic N) is 1. The highest BCUT2D eigenvalue weighted by molar-refractivity contribution is 6.31. The molecule has 0 saturated heterocycles. The van der Waals surface area contributed by atoms with Crippen LogP contribution < -0.4 is 5.32 Å². The van der Waals surface area contributed by atoms with E-state index in [1.807, 2.05) is 0 Å². The number of benzene rings is 3. The molecule has 4 nitrogen and oxygen atoms in total. The van der Waals surface area contributed by atoms with Crippen molar-refractivity contribution >= 4 is 40.7 Å². The molecule has 3 aromatic rings. The van der Waals surface area contributed by atoms with Crippen molar-refractivity contribution in [1.82, 2.24) is 4.90 Å². The molecular formula is C22H15Cl2FN2O2. The van der Waals surface area contributed by atoms with Gasteiger partial charge in [0.2, 0.25) is 5.91 Å². The number of nitrogens with one attached hydrogen (secondary N) is 1. The van der Waals surface area contributed by atoms with Gasteiger partial charge < -0.3 is 10.2 Å². The molecule has 0 unspecified atom stereocenters. The van der Waals surface area contributed by atoms with Gasteiger partial charge in [-0.3, -0.25) is 9.59 Å². The Hall–Kier alpha value is -2.89. The molecule has 1 aliphatic heterocycles. The van der Waals surface area contributed by atoms with Crippen LogP contribution in [0.5, 0.6) is 0 Å². The van der Waals surface area contributed by atoms with E-state index in [0.717, 1.165) is 0 Å². The monoisotopic (exact) mass is 428 g/mol. The minimum Gasteiger partial charge on any atom is -0.324 e. The lowest BCUT2D eigenvalue weighted by atomic mass is 9.95. The first-order valence-electron chi connectivity index (χ1n) is 8.83. The molecule has 146 valence electrons. The Morgan fingerprint density at radius 3 is 2.31 bits per heavy atom. The molecule has 0 aromatic heterocycles. The number of fused-ring (bicyclic) bond motifs is 1. The number of anilines is 1. The smallest absolute Gasteiger partial charge is 0.255 e. The van der Waals surface area contributed by atoms with Gasteiger partial charge in [0.1, 0.15) is 12.4 Å². The molecule has 1 heterocycles. The van der Waals surface area contributed by atoms with Crippen molar-refractivity contribution in [3.63, 3.8) is 0 Å². The van der Waals surface area contributed by atoms with E-state index in [-0.39, 0.29) is 18.4 Å². The zero-order valence-electron chi connectivity index (χ0n) is 15.0. The van der Waals surface area contributed by atoms with E-state index in [1.165, 1.54) is 17.0 Å². The first-order chi connectivity index (χ1) is 13.9. The quantitative estimate of drug-likeness (QED) is 0.600. The normalized spacial score (nSPS) is 16.0. The van der Waals surface area contributed by atoms with Crippen LogP contribution in [0, 0.1) is 5.82 Å². The van der Waals surface area contributed by atoms with Crippen molar-refractivity contribution in [2.75, 3.05) is 11.9 Å². The highest BCUT2D eigenvalue weighted by Crippen LogP contribution is 2.38. The molecule has 0 radical (unpaired) electrons. The summed E-state index contributed by atoms with van der Waals surface area (Å²) in [6.45, 7) is -0.171. The molecule has 1 N–H and O–H groups in total. The van der Waals surface area contributed by atoms with Crippen LogP contribution in [0.3, 0.4) is 0 Å². The fourth-order valence-electron chi connectivity index (χ4n) is 3.43. The van der Waals surface area contributed by atoms with E-state index < -0.39 is 11.9 Å². The van der Waals surface area contributed by atoms with E-state index in [4.69, 9.17) is 23.2 Å². The maximum absolute atomic E-state index is 13.5. The summed E-state index contributed by atoms with van der Waals surface area (Å²) in [6.07, 6.45) is 0. The van der Waals surface area contributed by atoms with Crippen LogP contribution in [-0.4, -0.2) is 23.3 Å². The van der Waals surface area contributed by atoms with Crippen LogP contribution in [0.25, 0.3) is 0 Å². The molecule has 0 bridgehead atoms. The van der Waals surface area contributed by atoms with Crippen LogP contribution in [-0.2, 0) is 4.79 Å². The molecule has 29 heavy (non-hydrogen) atoms. The summed E-state index contributed by atoms with van der Waals surface area (Å²) in [5, 5.41) is 3.79. The Kier molecular flexibility index (Phi) is 5.26. The third-order valence-corrected chi connectivity index (χ3v) is 5.23. The maximum atomic E-state index is 13.5. The van der Waals surface area contributed by atoms with Crippen molar-refractivity contribution < 1.29 is 14.0 Å². The zero-order chi connectivity index (χ0) is 20.5. The number of carbonyl (C=O) groups excluding carboxylic acids is 2. The van der Waals surface area contributed by atoms with Gasteiger partial charge in [0.05, 0.1) is 6.04 Å². The minimum absolute atomic E-state index is 0.171. The number of halogens is 3. The molecule has 1 atom stereocenters. The summed E-state index contributed by atoms with van der Waals surface area (Å²) in [6, 6.07) is 16.7. The SMILES string of the molecule is O=C1CN(C(=O)c2ccc(Cl)cc2)[C@H](c2ccc(F)cc2)c2cc(Cl)ccc2N1. The lowest BCUT2D eigenvalue weighted by Crippen LogP contribution is -2.39. The topological polar surface area (TPSA) is 49.4 Å². The molecule has 0 saturated carbocycles. The first-order valence-corrected chi connectivity index (χ1v) is 9.59. The number of carbonyl (C=O) groups is 2. The van der Waals surface area contributed by atoms with Crippen molar-refractivity contribution in [3.05, 3.63) is 99.3 Å². The van der Waals surface area contributed by atoms with Crippen molar-refractivity contribution in [2.24, 2.45) is 0 Å². The van der Waals surface area contributed by atoms with E-state index in [9.17, 15) is 14.0 Å². The second-order valence-electron chi connectivity index (χ2n) is 6.67. The number of amides is 2. The van der Waals surface area contributed by atoms with Gasteiger partial charge in [-0.2, -0.15) is 0 Å². The van der Waals surface area contributed by atoms with E-state index in [0.29, 0.717) is 32.4 Å². The summed E-state index contributed by atoms with van der Waals surface area (Å²) in [7, 11) is 0. The van der Waals surface area contributed by atoms with E-state index in [1.54, 1.807) is 54.6 Å². The van der Waals surface area contributed by atoms with Gasteiger partial charge in [0.15, 0.2) is 0 Å². The Balaban J connectivity index is 1.88. The predicted octanol–water partition coefficient (Wildman–Crippen LogP) is 5.32. The number of hydrogen-bond acceptors (Lipinski definition) is 2. The Morgan fingerprint density at radius 2 is 1.62 bits per heavy atom. The highest BCUT2D eigenvalue weighted by atomic mass is 35.5. The molecule has 7 heteroatoms. The van der Waals surface area contributed by atoms with Crippen LogP contribution in [0.4, 0.5) is 10.1 Å². The standard InChI is InChI=1S/C22H15Cl2FN2O2/c23-15-5-1-14(2-6-15)22(29)27-12-20(28)26-19-10-7-16(24)11-18(19)21(27)13-3-8-17(25)9-4-13/h1-11,21H,12H2,(H,26,28)/t21-/m1/s1. The number of hydrogen-bond donors (Lipinski definition) is 1. The fourth-order valence-corrected chi connectivity index (χ4v) is 3.74. The van der Waals surface area contributed by atoms with Crippen molar-refractivity contribution in [3.8, 4) is 0 Å². The molecule has 4 rings (SSSR count). The minimum atomic E-state index is -0.633. The van der Waals surface area contributed by atoms with Gasteiger partial charge in [-0.1, -0.05) is 35.3 Å². The van der Waals surface area contributed by atoms with Gasteiger partial charge >= 0.3 is 0 Å². The van der Waals surface area contributed by atoms with Crippen LogP contribution >= 0.6 is 23.2 Å². The second-order valence-corrected chi connectivity index (χ2v) is 7.55. The van der Waals surface area contributed by atoms with Gasteiger partial charge in [-0.25, -0.2) is 4.39 Å². The van der Waals surface area contributed by atoms with E-state index in [2.05, 4.69) is 5.32 Å². The summed E-state index contributed by atoms with van der Waals surface area (Å²) in [5.41, 5.74) is 2.26.